The fourth-order valence-corrected chi connectivity index (χ4v) is 0.591. The zero-order chi connectivity index (χ0) is 8.27. The van der Waals surface area contributed by atoms with Crippen molar-refractivity contribution in [2.24, 2.45) is 16.7 Å². The molecule has 4 N–H and O–H groups in total. The second kappa shape index (κ2) is 2.96. The molecule has 0 fully saturated rings. The van der Waals surface area contributed by atoms with Crippen molar-refractivity contribution >= 4 is 5.84 Å². The van der Waals surface area contributed by atoms with Crippen LogP contribution >= 0.6 is 0 Å². The van der Waals surface area contributed by atoms with Crippen LogP contribution in [0.1, 0.15) is 11.4 Å². The summed E-state index contributed by atoms with van der Waals surface area (Å²) in [7, 11) is 0. The van der Waals surface area contributed by atoms with E-state index in [2.05, 4.69) is 15.1 Å². The monoisotopic (exact) mass is 151 g/mol. The van der Waals surface area contributed by atoms with Gasteiger partial charge in [-0.05, 0) is 6.92 Å². The maximum Gasteiger partial charge on any atom is 0.170 e. The highest BCUT2D eigenvalue weighted by molar-refractivity contribution is 5.95. The molecule has 0 radical (unpaired) electrons. The third-order valence-electron chi connectivity index (χ3n) is 1.18. The lowest BCUT2D eigenvalue weighted by molar-refractivity contribution is 1.09. The molecule has 1 heterocycles. The summed E-state index contributed by atoms with van der Waals surface area (Å²) in [6, 6.07) is 0. The third kappa shape index (κ3) is 1.64. The molecule has 5 nitrogen and oxygen atoms in total. The summed E-state index contributed by atoms with van der Waals surface area (Å²) < 4.78 is 0. The molecule has 0 spiro atoms. The van der Waals surface area contributed by atoms with Crippen molar-refractivity contribution < 1.29 is 0 Å². The largest absolute Gasteiger partial charge is 0.380 e. The number of aryl methyl sites for hydroxylation is 1. The molecule has 1 aromatic heterocycles. The SMILES string of the molecule is Cc1cnc(C(N)=NN)cn1. The molecule has 0 aliphatic rings. The molecule has 58 valence electrons. The first kappa shape index (κ1) is 7.46. The summed E-state index contributed by atoms with van der Waals surface area (Å²) in [4.78, 5) is 7.92. The van der Waals surface area contributed by atoms with Crippen molar-refractivity contribution in [3.8, 4) is 0 Å². The van der Waals surface area contributed by atoms with Gasteiger partial charge < -0.3 is 11.6 Å². The van der Waals surface area contributed by atoms with Gasteiger partial charge in [-0.2, -0.15) is 5.10 Å². The van der Waals surface area contributed by atoms with Gasteiger partial charge in [0.15, 0.2) is 5.84 Å². The Labute approximate surface area is 64.1 Å². The van der Waals surface area contributed by atoms with E-state index in [1.807, 2.05) is 6.92 Å². The van der Waals surface area contributed by atoms with E-state index in [4.69, 9.17) is 11.6 Å². The van der Waals surface area contributed by atoms with Crippen LogP contribution in [0.15, 0.2) is 17.5 Å². The zero-order valence-electron chi connectivity index (χ0n) is 6.15. The van der Waals surface area contributed by atoms with E-state index >= 15 is 0 Å². The molecular weight excluding hydrogens is 142 g/mol. The highest BCUT2D eigenvalue weighted by atomic mass is 15.2. The lowest BCUT2D eigenvalue weighted by Gasteiger charge is -1.96. The van der Waals surface area contributed by atoms with E-state index in [1.165, 1.54) is 6.20 Å². The first-order valence-corrected chi connectivity index (χ1v) is 3.06. The van der Waals surface area contributed by atoms with Crippen molar-refractivity contribution in [1.82, 2.24) is 9.97 Å². The number of rotatable bonds is 1. The number of hydrazone groups is 1. The standard InChI is InChI=1S/C6H9N5/c1-4-2-10-5(3-9-4)6(7)11-8/h2-3H,8H2,1H3,(H2,7,11). The molecule has 0 saturated carbocycles. The smallest absolute Gasteiger partial charge is 0.170 e. The average Bonchev–Trinajstić information content (AvgIpc) is 2.05. The fraction of sp³-hybridized carbons (Fsp3) is 0.167. The molecular formula is C6H9N5. The predicted molar refractivity (Wildman–Crippen MR) is 41.7 cm³/mol. The van der Waals surface area contributed by atoms with Gasteiger partial charge in [-0.25, -0.2) is 4.98 Å². The second-order valence-corrected chi connectivity index (χ2v) is 2.06. The van der Waals surface area contributed by atoms with E-state index in [-0.39, 0.29) is 5.84 Å². The van der Waals surface area contributed by atoms with Crippen LogP contribution in [-0.2, 0) is 0 Å². The van der Waals surface area contributed by atoms with Crippen LogP contribution < -0.4 is 11.6 Å². The Hall–Kier alpha value is -1.65. The summed E-state index contributed by atoms with van der Waals surface area (Å²) in [6.07, 6.45) is 3.13. The summed E-state index contributed by atoms with van der Waals surface area (Å²) in [5.74, 6) is 5.13. The molecule has 0 bridgehead atoms. The number of amidine groups is 1. The van der Waals surface area contributed by atoms with Gasteiger partial charge in [0.25, 0.3) is 0 Å². The summed E-state index contributed by atoms with van der Waals surface area (Å²) in [5.41, 5.74) is 6.70. The second-order valence-electron chi connectivity index (χ2n) is 2.06. The van der Waals surface area contributed by atoms with Gasteiger partial charge >= 0.3 is 0 Å². The van der Waals surface area contributed by atoms with Gasteiger partial charge in [-0.3, -0.25) is 4.98 Å². The van der Waals surface area contributed by atoms with E-state index in [9.17, 15) is 0 Å². The highest BCUT2D eigenvalue weighted by Crippen LogP contribution is 1.91. The highest BCUT2D eigenvalue weighted by Gasteiger charge is 1.97. The number of hydrogen-bond donors (Lipinski definition) is 2. The molecule has 0 atom stereocenters. The van der Waals surface area contributed by atoms with Crippen LogP contribution in [-0.4, -0.2) is 15.8 Å². The quantitative estimate of drug-likeness (QED) is 0.242. The molecule has 1 aromatic rings. The Morgan fingerprint density at radius 3 is 2.64 bits per heavy atom. The molecule has 11 heavy (non-hydrogen) atoms. The molecule has 0 unspecified atom stereocenters. The molecule has 0 amide bonds. The van der Waals surface area contributed by atoms with Crippen LogP contribution in [0.5, 0.6) is 0 Å². The minimum Gasteiger partial charge on any atom is -0.380 e. The number of aromatic nitrogens is 2. The van der Waals surface area contributed by atoms with Crippen molar-refractivity contribution in [2.75, 3.05) is 0 Å². The van der Waals surface area contributed by atoms with Gasteiger partial charge in [0, 0.05) is 6.20 Å². The first-order valence-electron chi connectivity index (χ1n) is 3.06. The van der Waals surface area contributed by atoms with Crippen LogP contribution in [0, 0.1) is 6.92 Å². The average molecular weight is 151 g/mol. The lowest BCUT2D eigenvalue weighted by Crippen LogP contribution is -2.17. The Balaban J connectivity index is 2.99. The molecule has 1 rings (SSSR count). The lowest BCUT2D eigenvalue weighted by atomic mass is 10.4. The zero-order valence-corrected chi connectivity index (χ0v) is 6.15. The molecule has 0 aliphatic carbocycles. The summed E-state index contributed by atoms with van der Waals surface area (Å²) in [6.45, 7) is 1.84. The van der Waals surface area contributed by atoms with Crippen molar-refractivity contribution in [2.45, 2.75) is 6.92 Å². The third-order valence-corrected chi connectivity index (χ3v) is 1.18. The maximum atomic E-state index is 5.37. The summed E-state index contributed by atoms with van der Waals surface area (Å²) in [5, 5.41) is 3.28. The van der Waals surface area contributed by atoms with Crippen molar-refractivity contribution in [1.29, 1.82) is 0 Å². The Bertz CT molecular complexity index is 263. The molecule has 0 saturated heterocycles. The Kier molecular flexibility index (Phi) is 2.00. The van der Waals surface area contributed by atoms with Gasteiger partial charge in [-0.15, -0.1) is 0 Å². The Morgan fingerprint density at radius 1 is 1.45 bits per heavy atom. The minimum absolute atomic E-state index is 0.192. The van der Waals surface area contributed by atoms with Gasteiger partial charge in [-0.1, -0.05) is 0 Å². The normalized spacial score (nSPS) is 11.5. The van der Waals surface area contributed by atoms with Crippen LogP contribution in [0.3, 0.4) is 0 Å². The Morgan fingerprint density at radius 2 is 2.18 bits per heavy atom. The van der Waals surface area contributed by atoms with Crippen LogP contribution in [0.2, 0.25) is 0 Å². The van der Waals surface area contributed by atoms with E-state index < -0.39 is 0 Å². The van der Waals surface area contributed by atoms with Crippen molar-refractivity contribution in [3.63, 3.8) is 0 Å². The van der Waals surface area contributed by atoms with Crippen LogP contribution in [0.25, 0.3) is 0 Å². The summed E-state index contributed by atoms with van der Waals surface area (Å²) >= 11 is 0. The molecule has 5 heteroatoms. The van der Waals surface area contributed by atoms with Crippen LogP contribution in [0.4, 0.5) is 0 Å². The van der Waals surface area contributed by atoms with Gasteiger partial charge in [0.05, 0.1) is 11.9 Å². The molecule has 0 aromatic carbocycles. The molecule has 0 aliphatic heterocycles. The van der Waals surface area contributed by atoms with E-state index in [0.29, 0.717) is 5.69 Å². The predicted octanol–water partition coefficient (Wildman–Crippen LogP) is -0.636. The van der Waals surface area contributed by atoms with Crippen molar-refractivity contribution in [3.05, 3.63) is 23.8 Å². The van der Waals surface area contributed by atoms with E-state index in [0.717, 1.165) is 5.69 Å². The fourth-order valence-electron chi connectivity index (χ4n) is 0.591. The maximum absolute atomic E-state index is 5.37. The topological polar surface area (TPSA) is 90.2 Å². The number of nitrogens with two attached hydrogens (primary N) is 2. The van der Waals surface area contributed by atoms with Gasteiger partial charge in [0.1, 0.15) is 5.69 Å². The number of hydrogen-bond acceptors (Lipinski definition) is 4. The van der Waals surface area contributed by atoms with Gasteiger partial charge in [0.2, 0.25) is 0 Å². The van der Waals surface area contributed by atoms with E-state index in [1.54, 1.807) is 6.20 Å². The minimum atomic E-state index is 0.192. The first-order chi connectivity index (χ1) is 5.24. The number of nitrogens with zero attached hydrogens (tertiary/aromatic N) is 3.